The second-order valence-corrected chi connectivity index (χ2v) is 4.91. The molecule has 0 atom stereocenters. The highest BCUT2D eigenvalue weighted by molar-refractivity contribution is 6.14. The highest BCUT2D eigenvalue weighted by Gasteiger charge is 2.24. The van der Waals surface area contributed by atoms with E-state index in [1.165, 1.54) is 0 Å². The van der Waals surface area contributed by atoms with Gasteiger partial charge in [-0.1, -0.05) is 0 Å². The second kappa shape index (κ2) is 4.85. The van der Waals surface area contributed by atoms with Crippen molar-refractivity contribution in [1.82, 2.24) is 4.98 Å². The molecule has 5 heteroatoms. The van der Waals surface area contributed by atoms with E-state index in [1.54, 1.807) is 24.4 Å². The maximum Gasteiger partial charge on any atom is 0.123 e. The molecule has 0 bridgehead atoms. The van der Waals surface area contributed by atoms with Gasteiger partial charge in [-0.3, -0.25) is 5.41 Å². The first-order valence-corrected chi connectivity index (χ1v) is 6.50. The Kier molecular flexibility index (Phi) is 3.02. The molecular formula is C15H16N4O. The highest BCUT2D eigenvalue weighted by Crippen LogP contribution is 2.29. The first kappa shape index (κ1) is 12.5. The summed E-state index contributed by atoms with van der Waals surface area (Å²) in [5.74, 6) is 1.14. The third-order valence-electron chi connectivity index (χ3n) is 3.19. The van der Waals surface area contributed by atoms with E-state index in [4.69, 9.17) is 21.6 Å². The number of hydrogen-bond donors (Lipinski definition) is 3. The van der Waals surface area contributed by atoms with E-state index in [9.17, 15) is 0 Å². The van der Waals surface area contributed by atoms with Gasteiger partial charge in [-0.25, -0.2) is 4.98 Å². The van der Waals surface area contributed by atoms with Crippen LogP contribution in [0.5, 0.6) is 5.75 Å². The van der Waals surface area contributed by atoms with E-state index < -0.39 is 0 Å². The summed E-state index contributed by atoms with van der Waals surface area (Å²) in [6.45, 7) is 0. The van der Waals surface area contributed by atoms with Crippen LogP contribution in [0.3, 0.4) is 0 Å². The van der Waals surface area contributed by atoms with Crippen LogP contribution < -0.4 is 16.2 Å². The smallest absolute Gasteiger partial charge is 0.123 e. The molecule has 1 aliphatic carbocycles. The first-order chi connectivity index (χ1) is 9.63. The average molecular weight is 268 g/mol. The SMILES string of the molecule is N=C(c1ccnc(N)c1)c1cc(OC2CC2)ccc1N. The number of rotatable bonds is 4. The molecule has 5 N–H and O–H groups in total. The van der Waals surface area contributed by atoms with Gasteiger partial charge in [0, 0.05) is 23.0 Å². The summed E-state index contributed by atoms with van der Waals surface area (Å²) in [5, 5.41) is 8.28. The van der Waals surface area contributed by atoms with Crippen LogP contribution >= 0.6 is 0 Å². The Morgan fingerprint density at radius 1 is 1.20 bits per heavy atom. The highest BCUT2D eigenvalue weighted by atomic mass is 16.5. The Balaban J connectivity index is 1.93. The minimum absolute atomic E-state index is 0.317. The molecule has 1 aromatic heterocycles. The van der Waals surface area contributed by atoms with Gasteiger partial charge in [-0.15, -0.1) is 0 Å². The molecule has 0 spiro atoms. The van der Waals surface area contributed by atoms with Gasteiger partial charge in [0.05, 0.1) is 11.8 Å². The summed E-state index contributed by atoms with van der Waals surface area (Å²) in [6, 6.07) is 8.83. The van der Waals surface area contributed by atoms with E-state index in [2.05, 4.69) is 4.98 Å². The first-order valence-electron chi connectivity index (χ1n) is 6.50. The molecule has 0 amide bonds. The molecule has 1 aliphatic rings. The van der Waals surface area contributed by atoms with Crippen LogP contribution in [-0.2, 0) is 0 Å². The summed E-state index contributed by atoms with van der Waals surface area (Å²) < 4.78 is 5.74. The summed E-state index contributed by atoms with van der Waals surface area (Å²) in [5.41, 5.74) is 13.8. The van der Waals surface area contributed by atoms with Crippen LogP contribution in [0.1, 0.15) is 24.0 Å². The molecule has 102 valence electrons. The summed E-state index contributed by atoms with van der Waals surface area (Å²) >= 11 is 0. The fraction of sp³-hybridized carbons (Fsp3) is 0.200. The van der Waals surface area contributed by atoms with Gasteiger partial charge in [0.15, 0.2) is 0 Å². The monoisotopic (exact) mass is 268 g/mol. The molecule has 1 saturated carbocycles. The number of nitrogen functional groups attached to an aromatic ring is 2. The minimum atomic E-state index is 0.317. The Hall–Kier alpha value is -2.56. The lowest BCUT2D eigenvalue weighted by molar-refractivity contribution is 0.303. The van der Waals surface area contributed by atoms with E-state index in [0.717, 1.165) is 18.6 Å². The lowest BCUT2D eigenvalue weighted by Crippen LogP contribution is -2.07. The van der Waals surface area contributed by atoms with Crippen LogP contribution in [0, 0.1) is 5.41 Å². The van der Waals surface area contributed by atoms with Gasteiger partial charge < -0.3 is 16.2 Å². The van der Waals surface area contributed by atoms with Crippen LogP contribution in [0.4, 0.5) is 11.5 Å². The summed E-state index contributed by atoms with van der Waals surface area (Å²) in [4.78, 5) is 3.93. The zero-order chi connectivity index (χ0) is 14.1. The Labute approximate surface area is 117 Å². The number of anilines is 2. The minimum Gasteiger partial charge on any atom is -0.490 e. The van der Waals surface area contributed by atoms with Gasteiger partial charge in [-0.05, 0) is 43.2 Å². The Morgan fingerprint density at radius 3 is 2.70 bits per heavy atom. The second-order valence-electron chi connectivity index (χ2n) is 4.91. The molecule has 1 heterocycles. The topological polar surface area (TPSA) is 98.0 Å². The maximum absolute atomic E-state index is 8.28. The van der Waals surface area contributed by atoms with Crippen molar-refractivity contribution in [2.45, 2.75) is 18.9 Å². The van der Waals surface area contributed by atoms with E-state index in [1.807, 2.05) is 12.1 Å². The molecule has 1 fully saturated rings. The van der Waals surface area contributed by atoms with Crippen LogP contribution in [0.15, 0.2) is 36.5 Å². The van der Waals surface area contributed by atoms with Crippen molar-refractivity contribution in [3.05, 3.63) is 47.7 Å². The van der Waals surface area contributed by atoms with Gasteiger partial charge in [0.2, 0.25) is 0 Å². The van der Waals surface area contributed by atoms with Crippen molar-refractivity contribution in [1.29, 1.82) is 5.41 Å². The molecule has 1 aromatic carbocycles. The molecular weight excluding hydrogens is 252 g/mol. The van der Waals surface area contributed by atoms with Crippen LogP contribution in [0.2, 0.25) is 0 Å². The van der Waals surface area contributed by atoms with Crippen molar-refractivity contribution in [2.75, 3.05) is 11.5 Å². The Bertz CT molecular complexity index is 665. The number of ether oxygens (including phenoxy) is 1. The zero-order valence-electron chi connectivity index (χ0n) is 11.0. The van der Waals surface area contributed by atoms with E-state index in [-0.39, 0.29) is 0 Å². The van der Waals surface area contributed by atoms with Crippen LogP contribution in [-0.4, -0.2) is 16.8 Å². The Morgan fingerprint density at radius 2 is 2.00 bits per heavy atom. The largest absolute Gasteiger partial charge is 0.490 e. The lowest BCUT2D eigenvalue weighted by Gasteiger charge is -2.11. The van der Waals surface area contributed by atoms with Gasteiger partial charge in [0.25, 0.3) is 0 Å². The van der Waals surface area contributed by atoms with E-state index in [0.29, 0.717) is 34.4 Å². The third kappa shape index (κ3) is 2.56. The van der Waals surface area contributed by atoms with Gasteiger partial charge in [-0.2, -0.15) is 0 Å². The fourth-order valence-electron chi connectivity index (χ4n) is 1.96. The average Bonchev–Trinajstić information content (AvgIpc) is 3.24. The molecule has 0 radical (unpaired) electrons. The molecule has 0 saturated heterocycles. The van der Waals surface area contributed by atoms with Crippen molar-refractivity contribution in [3.8, 4) is 5.75 Å². The number of pyridine rings is 1. The molecule has 3 rings (SSSR count). The van der Waals surface area contributed by atoms with Crippen LogP contribution in [0.25, 0.3) is 0 Å². The standard InChI is InChI=1S/C15H16N4O/c16-13-4-3-11(20-10-1-2-10)8-12(13)15(18)9-5-6-19-14(17)7-9/h3-8,10,18H,1-2,16H2,(H2,17,19). The zero-order valence-corrected chi connectivity index (χ0v) is 11.0. The molecule has 0 aliphatic heterocycles. The number of hydrogen-bond acceptors (Lipinski definition) is 5. The molecule has 2 aromatic rings. The quantitative estimate of drug-likeness (QED) is 0.584. The van der Waals surface area contributed by atoms with Gasteiger partial charge >= 0.3 is 0 Å². The normalized spacial score (nSPS) is 14.0. The van der Waals surface area contributed by atoms with Crippen molar-refractivity contribution in [2.24, 2.45) is 0 Å². The number of nitrogens with two attached hydrogens (primary N) is 2. The predicted octanol–water partition coefficient (Wildman–Crippen LogP) is 2.20. The van der Waals surface area contributed by atoms with Crippen molar-refractivity contribution in [3.63, 3.8) is 0 Å². The number of benzene rings is 1. The van der Waals surface area contributed by atoms with Gasteiger partial charge in [0.1, 0.15) is 11.6 Å². The molecule has 20 heavy (non-hydrogen) atoms. The summed E-state index contributed by atoms with van der Waals surface area (Å²) in [7, 11) is 0. The molecule has 0 unspecified atom stereocenters. The van der Waals surface area contributed by atoms with Crippen molar-refractivity contribution >= 4 is 17.2 Å². The fourth-order valence-corrected chi connectivity index (χ4v) is 1.96. The number of aromatic nitrogens is 1. The number of nitrogens with zero attached hydrogens (tertiary/aromatic N) is 1. The predicted molar refractivity (Wildman–Crippen MR) is 79.1 cm³/mol. The van der Waals surface area contributed by atoms with Crippen molar-refractivity contribution < 1.29 is 4.74 Å². The molecule has 5 nitrogen and oxygen atoms in total. The summed E-state index contributed by atoms with van der Waals surface area (Å²) in [6.07, 6.45) is 4.09. The lowest BCUT2D eigenvalue weighted by atomic mass is 10.0. The third-order valence-corrected chi connectivity index (χ3v) is 3.19. The maximum atomic E-state index is 8.28. The number of nitrogens with one attached hydrogen (secondary N) is 1. The van der Waals surface area contributed by atoms with E-state index >= 15 is 0 Å².